The minimum atomic E-state index is 0.206. The molecule has 0 aromatic heterocycles. The van der Waals surface area contributed by atoms with E-state index in [9.17, 15) is 0 Å². The van der Waals surface area contributed by atoms with Gasteiger partial charge in [0, 0.05) is 19.7 Å². The Hall–Kier alpha value is -0.120. The van der Waals surface area contributed by atoms with Crippen molar-refractivity contribution in [1.82, 2.24) is 10.6 Å². The fourth-order valence-corrected chi connectivity index (χ4v) is 2.33. The molecule has 3 nitrogen and oxygen atoms in total. The summed E-state index contributed by atoms with van der Waals surface area (Å²) in [5.41, 5.74) is 0.206. The van der Waals surface area contributed by atoms with Crippen LogP contribution in [0.1, 0.15) is 46.5 Å². The van der Waals surface area contributed by atoms with Crippen LogP contribution in [0.25, 0.3) is 0 Å². The topological polar surface area (TPSA) is 33.3 Å². The molecule has 1 atom stereocenters. The maximum Gasteiger partial charge on any atom is 0.0690 e. The van der Waals surface area contributed by atoms with Gasteiger partial charge in [-0.25, -0.2) is 0 Å². The SMILES string of the molecule is COC1(CCNC(C)CNCC(C)C)CCC1. The molecule has 17 heavy (non-hydrogen) atoms. The Morgan fingerprint density at radius 3 is 2.35 bits per heavy atom. The minimum Gasteiger partial charge on any atom is -0.378 e. The summed E-state index contributed by atoms with van der Waals surface area (Å²) < 4.78 is 5.61. The quantitative estimate of drug-likeness (QED) is 0.650. The predicted octanol–water partition coefficient (Wildman–Crippen LogP) is 2.17. The van der Waals surface area contributed by atoms with E-state index < -0.39 is 0 Å². The van der Waals surface area contributed by atoms with E-state index >= 15 is 0 Å². The maximum atomic E-state index is 5.61. The number of nitrogens with one attached hydrogen (secondary N) is 2. The van der Waals surface area contributed by atoms with Crippen LogP contribution in [0.5, 0.6) is 0 Å². The van der Waals surface area contributed by atoms with Crippen molar-refractivity contribution < 1.29 is 4.74 Å². The summed E-state index contributed by atoms with van der Waals surface area (Å²) in [6.07, 6.45) is 4.97. The van der Waals surface area contributed by atoms with Crippen molar-refractivity contribution >= 4 is 0 Å². The summed E-state index contributed by atoms with van der Waals surface area (Å²) in [5.74, 6) is 0.730. The third-order valence-corrected chi connectivity index (χ3v) is 3.77. The van der Waals surface area contributed by atoms with Gasteiger partial charge in [-0.05, 0) is 51.6 Å². The van der Waals surface area contributed by atoms with E-state index in [1.807, 2.05) is 7.11 Å². The molecule has 1 aliphatic rings. The zero-order valence-corrected chi connectivity index (χ0v) is 12.0. The van der Waals surface area contributed by atoms with Gasteiger partial charge in [0.15, 0.2) is 0 Å². The molecule has 1 aliphatic carbocycles. The van der Waals surface area contributed by atoms with Crippen LogP contribution in [0.4, 0.5) is 0 Å². The lowest BCUT2D eigenvalue weighted by Gasteiger charge is -2.41. The zero-order valence-electron chi connectivity index (χ0n) is 12.0. The van der Waals surface area contributed by atoms with Crippen molar-refractivity contribution in [2.45, 2.75) is 58.1 Å². The highest BCUT2D eigenvalue weighted by Crippen LogP contribution is 2.37. The lowest BCUT2D eigenvalue weighted by molar-refractivity contribution is -0.0770. The molecule has 0 radical (unpaired) electrons. The van der Waals surface area contributed by atoms with Crippen molar-refractivity contribution in [3.63, 3.8) is 0 Å². The molecule has 0 spiro atoms. The van der Waals surface area contributed by atoms with Gasteiger partial charge in [0.05, 0.1) is 5.60 Å². The van der Waals surface area contributed by atoms with Crippen molar-refractivity contribution in [3.8, 4) is 0 Å². The number of hydrogen-bond acceptors (Lipinski definition) is 3. The van der Waals surface area contributed by atoms with E-state index in [2.05, 4.69) is 31.4 Å². The molecular formula is C14H30N2O. The van der Waals surface area contributed by atoms with Gasteiger partial charge in [-0.15, -0.1) is 0 Å². The molecule has 0 heterocycles. The van der Waals surface area contributed by atoms with Crippen LogP contribution in [0.3, 0.4) is 0 Å². The van der Waals surface area contributed by atoms with Crippen molar-refractivity contribution in [3.05, 3.63) is 0 Å². The second-order valence-electron chi connectivity index (χ2n) is 5.90. The normalized spacial score (nSPS) is 20.3. The lowest BCUT2D eigenvalue weighted by atomic mass is 9.77. The number of hydrogen-bond donors (Lipinski definition) is 2. The third kappa shape index (κ3) is 5.36. The third-order valence-electron chi connectivity index (χ3n) is 3.77. The maximum absolute atomic E-state index is 5.61. The van der Waals surface area contributed by atoms with Crippen LogP contribution >= 0.6 is 0 Å². The summed E-state index contributed by atoms with van der Waals surface area (Å²) in [5, 5.41) is 7.05. The Labute approximate surface area is 107 Å². The van der Waals surface area contributed by atoms with E-state index in [-0.39, 0.29) is 5.60 Å². The van der Waals surface area contributed by atoms with Crippen LogP contribution in [-0.4, -0.2) is 38.4 Å². The first-order valence-corrected chi connectivity index (χ1v) is 7.07. The highest BCUT2D eigenvalue weighted by atomic mass is 16.5. The first-order chi connectivity index (χ1) is 8.08. The molecule has 0 bridgehead atoms. The van der Waals surface area contributed by atoms with E-state index in [0.717, 1.165) is 32.0 Å². The Bertz CT molecular complexity index is 197. The largest absolute Gasteiger partial charge is 0.378 e. The monoisotopic (exact) mass is 242 g/mol. The van der Waals surface area contributed by atoms with Crippen LogP contribution < -0.4 is 10.6 Å². The fourth-order valence-electron chi connectivity index (χ4n) is 2.33. The molecule has 1 fully saturated rings. The van der Waals surface area contributed by atoms with Gasteiger partial charge in [-0.2, -0.15) is 0 Å². The van der Waals surface area contributed by atoms with Crippen LogP contribution in [0.2, 0.25) is 0 Å². The molecule has 0 amide bonds. The second kappa shape index (κ2) is 7.34. The van der Waals surface area contributed by atoms with Gasteiger partial charge < -0.3 is 15.4 Å². The van der Waals surface area contributed by atoms with Crippen molar-refractivity contribution in [2.75, 3.05) is 26.7 Å². The van der Waals surface area contributed by atoms with E-state index in [0.29, 0.717) is 6.04 Å². The van der Waals surface area contributed by atoms with E-state index in [4.69, 9.17) is 4.74 Å². The van der Waals surface area contributed by atoms with Crippen LogP contribution in [0, 0.1) is 5.92 Å². The molecule has 1 rings (SSSR count). The molecule has 0 aromatic rings. The van der Waals surface area contributed by atoms with Crippen LogP contribution in [0.15, 0.2) is 0 Å². The number of ether oxygens (including phenoxy) is 1. The molecule has 1 saturated carbocycles. The van der Waals surface area contributed by atoms with Gasteiger partial charge in [0.1, 0.15) is 0 Å². The van der Waals surface area contributed by atoms with E-state index in [1.165, 1.54) is 19.3 Å². The first kappa shape index (κ1) is 14.9. The Kier molecular flexibility index (Phi) is 6.45. The summed E-state index contributed by atoms with van der Waals surface area (Å²) in [6.45, 7) is 9.95. The molecular weight excluding hydrogens is 212 g/mol. The predicted molar refractivity (Wildman–Crippen MR) is 73.4 cm³/mol. The summed E-state index contributed by atoms with van der Waals surface area (Å²) in [4.78, 5) is 0. The van der Waals surface area contributed by atoms with Gasteiger partial charge in [-0.3, -0.25) is 0 Å². The number of methoxy groups -OCH3 is 1. The van der Waals surface area contributed by atoms with Crippen molar-refractivity contribution in [1.29, 1.82) is 0 Å². The average Bonchev–Trinajstić information content (AvgIpc) is 2.21. The zero-order chi connectivity index (χ0) is 12.7. The first-order valence-electron chi connectivity index (χ1n) is 7.07. The average molecular weight is 242 g/mol. The molecule has 0 aliphatic heterocycles. The molecule has 1 unspecified atom stereocenters. The highest BCUT2D eigenvalue weighted by Gasteiger charge is 2.36. The second-order valence-corrected chi connectivity index (χ2v) is 5.90. The molecule has 0 aromatic carbocycles. The summed E-state index contributed by atoms with van der Waals surface area (Å²) >= 11 is 0. The van der Waals surface area contributed by atoms with Gasteiger partial charge in [0.25, 0.3) is 0 Å². The Morgan fingerprint density at radius 2 is 1.88 bits per heavy atom. The van der Waals surface area contributed by atoms with Crippen LogP contribution in [-0.2, 0) is 4.74 Å². The number of rotatable bonds is 9. The lowest BCUT2D eigenvalue weighted by Crippen LogP contribution is -2.44. The Morgan fingerprint density at radius 1 is 1.18 bits per heavy atom. The molecule has 3 heteroatoms. The standard InChI is InChI=1S/C14H30N2O/c1-12(2)10-15-11-13(3)16-9-8-14(17-4)6-5-7-14/h12-13,15-16H,5-11H2,1-4H3. The van der Waals surface area contributed by atoms with Gasteiger partial charge in [0.2, 0.25) is 0 Å². The summed E-state index contributed by atoms with van der Waals surface area (Å²) in [7, 11) is 1.85. The van der Waals surface area contributed by atoms with Crippen molar-refractivity contribution in [2.24, 2.45) is 5.92 Å². The smallest absolute Gasteiger partial charge is 0.0690 e. The van der Waals surface area contributed by atoms with Gasteiger partial charge in [-0.1, -0.05) is 13.8 Å². The molecule has 102 valence electrons. The van der Waals surface area contributed by atoms with Gasteiger partial charge >= 0.3 is 0 Å². The minimum absolute atomic E-state index is 0.206. The molecule has 0 saturated heterocycles. The van der Waals surface area contributed by atoms with E-state index in [1.54, 1.807) is 0 Å². The fraction of sp³-hybridized carbons (Fsp3) is 1.00. The highest BCUT2D eigenvalue weighted by molar-refractivity contribution is 4.90. The Balaban J connectivity index is 2.01. The summed E-state index contributed by atoms with van der Waals surface area (Å²) in [6, 6.07) is 0.544. The molecule has 2 N–H and O–H groups in total.